The fraction of sp³-hybridized carbons (Fsp3) is 1.00. The lowest BCUT2D eigenvalue weighted by Gasteiger charge is -2.07. The Morgan fingerprint density at radius 2 is 1.86 bits per heavy atom. The molecular weight excluding hydrogens is 256 g/mol. The summed E-state index contributed by atoms with van der Waals surface area (Å²) in [4.78, 5) is 0. The molecule has 0 spiro atoms. The molecular formula is C10H21BrMgO2. The lowest BCUT2D eigenvalue weighted by Crippen LogP contribution is -2.03. The van der Waals surface area contributed by atoms with Gasteiger partial charge in [0.2, 0.25) is 0 Å². The number of unbranched alkanes of at least 4 members (excludes halogenated alkanes) is 1. The van der Waals surface area contributed by atoms with Gasteiger partial charge in [0.1, 0.15) is 6.79 Å². The molecule has 0 N–H and O–H groups in total. The van der Waals surface area contributed by atoms with Gasteiger partial charge in [-0.15, -0.1) is 4.05 Å². The number of hydrogen-bond acceptors (Lipinski definition) is 2. The van der Waals surface area contributed by atoms with Crippen LogP contribution in [0.25, 0.3) is 0 Å². The van der Waals surface area contributed by atoms with E-state index in [9.17, 15) is 0 Å². The van der Waals surface area contributed by atoms with Crippen molar-refractivity contribution in [3.63, 3.8) is 0 Å². The Balaban J connectivity index is 2.92. The Morgan fingerprint density at radius 3 is 2.43 bits per heavy atom. The van der Waals surface area contributed by atoms with Crippen LogP contribution < -0.4 is 0 Å². The predicted molar refractivity (Wildman–Crippen MR) is 65.0 cm³/mol. The molecule has 82 valence electrons. The molecule has 0 fully saturated rings. The standard InChI is InChI=1S/C10H21O2.BrH.Mg/c1-3-5-7-9-12-10-11-8-6-4-2;;/h3H,4-10H2,1-2H3;1H;/q;;+1/p-1. The topological polar surface area (TPSA) is 18.5 Å². The summed E-state index contributed by atoms with van der Waals surface area (Å²) >= 11 is 3.61. The smallest absolute Gasteiger partial charge is 0.355 e. The van der Waals surface area contributed by atoms with Crippen LogP contribution in [0.4, 0.5) is 0 Å². The van der Waals surface area contributed by atoms with Gasteiger partial charge < -0.3 is 22.4 Å². The average molecular weight is 277 g/mol. The van der Waals surface area contributed by atoms with Crippen LogP contribution in [-0.4, -0.2) is 38.2 Å². The zero-order valence-electron chi connectivity index (χ0n) is 9.43. The van der Waals surface area contributed by atoms with Gasteiger partial charge in [-0.25, -0.2) is 0 Å². The molecule has 1 atom stereocenters. The molecule has 0 saturated heterocycles. The van der Waals surface area contributed by atoms with E-state index in [0.717, 1.165) is 30.1 Å². The molecule has 0 heterocycles. The van der Waals surface area contributed by atoms with E-state index in [1.807, 2.05) is 0 Å². The van der Waals surface area contributed by atoms with Crippen LogP contribution in [0.3, 0.4) is 0 Å². The zero-order valence-corrected chi connectivity index (χ0v) is 12.4. The van der Waals surface area contributed by atoms with Crippen molar-refractivity contribution in [2.45, 2.75) is 43.6 Å². The Labute approximate surface area is 104 Å². The Bertz CT molecular complexity index is 114. The molecule has 0 amide bonds. The van der Waals surface area contributed by atoms with Crippen molar-refractivity contribution in [3.05, 3.63) is 0 Å². The molecule has 0 aromatic carbocycles. The van der Waals surface area contributed by atoms with E-state index in [0.29, 0.717) is 6.79 Å². The molecule has 0 aliphatic rings. The zero-order chi connectivity index (χ0) is 10.6. The summed E-state index contributed by atoms with van der Waals surface area (Å²) in [5.41, 5.74) is 0. The average Bonchev–Trinajstić information content (AvgIpc) is 2.21. The highest BCUT2D eigenvalue weighted by molar-refractivity contribution is 9.23. The van der Waals surface area contributed by atoms with Gasteiger partial charge in [-0.1, -0.05) is 26.7 Å². The molecule has 0 aliphatic heterocycles. The second-order valence-corrected chi connectivity index (χ2v) is 7.33. The maximum Gasteiger partial charge on any atom is 0.471 e. The SMILES string of the molecule is CCCCOCOCCC[CH](C)[Mg][Br]. The molecule has 14 heavy (non-hydrogen) atoms. The summed E-state index contributed by atoms with van der Waals surface area (Å²) < 4.78 is 11.5. The van der Waals surface area contributed by atoms with Gasteiger partial charge in [-0.3, -0.25) is 0 Å². The molecule has 0 aromatic rings. The molecule has 0 aliphatic carbocycles. The lowest BCUT2D eigenvalue weighted by molar-refractivity contribution is -0.0552. The van der Waals surface area contributed by atoms with Gasteiger partial charge in [0.15, 0.2) is 0 Å². The first-order chi connectivity index (χ1) is 6.81. The Kier molecular flexibility index (Phi) is 13.3. The largest absolute Gasteiger partial charge is 0.471 e. The van der Waals surface area contributed by atoms with Crippen molar-refractivity contribution in [1.82, 2.24) is 0 Å². The first-order valence-electron chi connectivity index (χ1n) is 5.52. The van der Waals surface area contributed by atoms with Crippen LogP contribution in [0, 0.1) is 0 Å². The van der Waals surface area contributed by atoms with Crippen LogP contribution in [0.15, 0.2) is 0 Å². The normalized spacial score (nSPS) is 12.5. The summed E-state index contributed by atoms with van der Waals surface area (Å²) in [5, 5.41) is 0. The van der Waals surface area contributed by atoms with Crippen molar-refractivity contribution < 1.29 is 9.47 Å². The second kappa shape index (κ2) is 12.2. The summed E-state index contributed by atoms with van der Waals surface area (Å²) in [7, 11) is 0. The van der Waals surface area contributed by atoms with E-state index in [-0.39, 0.29) is 18.2 Å². The van der Waals surface area contributed by atoms with Crippen LogP contribution >= 0.6 is 12.9 Å². The third-order valence-corrected chi connectivity index (χ3v) is 6.31. The molecule has 0 saturated carbocycles. The molecule has 0 aromatic heterocycles. The molecule has 0 rings (SSSR count). The number of rotatable bonds is 10. The van der Waals surface area contributed by atoms with Crippen LogP contribution in [0.5, 0.6) is 0 Å². The summed E-state index contributed by atoms with van der Waals surface area (Å²) in [6.07, 6.45) is 4.77. The number of hydrogen-bond donors (Lipinski definition) is 0. The quantitative estimate of drug-likeness (QED) is 0.346. The fourth-order valence-electron chi connectivity index (χ4n) is 1.03. The minimum absolute atomic E-state index is 0.0133. The van der Waals surface area contributed by atoms with Crippen molar-refractivity contribution in [3.8, 4) is 0 Å². The summed E-state index contributed by atoms with van der Waals surface area (Å²) in [5.74, 6) is 0. The minimum atomic E-state index is 0.0133. The highest BCUT2D eigenvalue weighted by Gasteiger charge is 2.02. The van der Waals surface area contributed by atoms with Crippen LogP contribution in [-0.2, 0) is 9.47 Å². The van der Waals surface area contributed by atoms with Gasteiger partial charge in [-0.2, -0.15) is 0 Å². The lowest BCUT2D eigenvalue weighted by atomic mass is 10.2. The van der Waals surface area contributed by atoms with Gasteiger partial charge in [0.25, 0.3) is 0 Å². The van der Waals surface area contributed by atoms with Gasteiger partial charge in [0, 0.05) is 13.2 Å². The molecule has 1 unspecified atom stereocenters. The second-order valence-electron chi connectivity index (χ2n) is 3.69. The van der Waals surface area contributed by atoms with Crippen molar-refractivity contribution in [2.24, 2.45) is 0 Å². The third-order valence-electron chi connectivity index (χ3n) is 2.06. The van der Waals surface area contributed by atoms with Crippen molar-refractivity contribution in [2.75, 3.05) is 20.0 Å². The summed E-state index contributed by atoms with van der Waals surface area (Å²) in [6.45, 7) is 6.62. The Morgan fingerprint density at radius 1 is 1.21 bits per heavy atom. The predicted octanol–water partition coefficient (Wildman–Crippen LogP) is 3.38. The van der Waals surface area contributed by atoms with E-state index in [1.165, 1.54) is 12.8 Å². The van der Waals surface area contributed by atoms with E-state index in [4.69, 9.17) is 9.47 Å². The van der Waals surface area contributed by atoms with Gasteiger partial charge in [0.05, 0.1) is 0 Å². The van der Waals surface area contributed by atoms with Crippen LogP contribution in [0.2, 0.25) is 4.05 Å². The van der Waals surface area contributed by atoms with Crippen molar-refractivity contribution in [1.29, 1.82) is 0 Å². The first kappa shape index (κ1) is 15.2. The number of halogens is 1. The Hall–Kier alpha value is 1.17. The first-order valence-corrected chi connectivity index (χ1v) is 10.2. The third kappa shape index (κ3) is 11.2. The molecule has 2 nitrogen and oxygen atoms in total. The van der Waals surface area contributed by atoms with E-state index >= 15 is 0 Å². The highest BCUT2D eigenvalue weighted by Crippen LogP contribution is 2.12. The highest BCUT2D eigenvalue weighted by atomic mass is 79.9. The van der Waals surface area contributed by atoms with E-state index in [2.05, 4.69) is 26.7 Å². The molecule has 0 bridgehead atoms. The minimum Gasteiger partial charge on any atom is -0.355 e. The van der Waals surface area contributed by atoms with E-state index in [1.54, 1.807) is 0 Å². The monoisotopic (exact) mass is 276 g/mol. The van der Waals surface area contributed by atoms with Gasteiger partial charge in [-0.05, 0) is 12.8 Å². The molecule has 4 heteroatoms. The number of ether oxygens (including phenoxy) is 2. The van der Waals surface area contributed by atoms with Gasteiger partial charge >= 0.3 is 18.2 Å². The van der Waals surface area contributed by atoms with E-state index < -0.39 is 0 Å². The maximum atomic E-state index is 5.35. The summed E-state index contributed by atoms with van der Waals surface area (Å²) in [6, 6.07) is 0. The fourth-order valence-corrected chi connectivity index (χ4v) is 2.45. The molecule has 0 radical (unpaired) electrons. The van der Waals surface area contributed by atoms with Crippen LogP contribution in [0.1, 0.15) is 39.5 Å². The maximum absolute atomic E-state index is 5.35. The van der Waals surface area contributed by atoms with Crippen molar-refractivity contribution >= 4 is 31.1 Å².